The lowest BCUT2D eigenvalue weighted by Gasteiger charge is -2.22. The minimum absolute atomic E-state index is 0.0993. The van der Waals surface area contributed by atoms with Crippen molar-refractivity contribution in [1.82, 2.24) is 15.2 Å². The lowest BCUT2D eigenvalue weighted by atomic mass is 10.2. The number of aromatic nitrogens is 3. The van der Waals surface area contributed by atoms with E-state index in [1.807, 2.05) is 13.8 Å². The SMILES string of the molecule is CCc1nnc(NC2CCCS(=O)(=O)C2)nc1CC. The second-order valence-electron chi connectivity index (χ2n) is 4.83. The summed E-state index contributed by atoms with van der Waals surface area (Å²) in [5.41, 5.74) is 1.84. The van der Waals surface area contributed by atoms with E-state index in [9.17, 15) is 8.42 Å². The van der Waals surface area contributed by atoms with Gasteiger partial charge in [-0.15, -0.1) is 5.10 Å². The molecule has 1 aliphatic heterocycles. The van der Waals surface area contributed by atoms with Crippen molar-refractivity contribution in [2.75, 3.05) is 16.8 Å². The molecule has 106 valence electrons. The Morgan fingerprint density at radius 3 is 2.58 bits per heavy atom. The molecule has 0 radical (unpaired) electrons. The van der Waals surface area contributed by atoms with E-state index >= 15 is 0 Å². The van der Waals surface area contributed by atoms with Gasteiger partial charge in [0.05, 0.1) is 22.9 Å². The predicted octanol–water partition coefficient (Wildman–Crippen LogP) is 0.985. The largest absolute Gasteiger partial charge is 0.349 e. The van der Waals surface area contributed by atoms with Crippen molar-refractivity contribution in [1.29, 1.82) is 0 Å². The summed E-state index contributed by atoms with van der Waals surface area (Å²) in [4.78, 5) is 4.42. The van der Waals surface area contributed by atoms with Gasteiger partial charge in [0.25, 0.3) is 0 Å². The summed E-state index contributed by atoms with van der Waals surface area (Å²) in [7, 11) is -2.92. The van der Waals surface area contributed by atoms with Crippen molar-refractivity contribution in [2.24, 2.45) is 0 Å². The molecule has 0 saturated carbocycles. The molecule has 19 heavy (non-hydrogen) atoms. The number of sulfone groups is 1. The van der Waals surface area contributed by atoms with Crippen molar-refractivity contribution in [3.05, 3.63) is 11.4 Å². The molecular formula is C12H20N4O2S. The molecule has 0 amide bonds. The number of aryl methyl sites for hydroxylation is 2. The normalized spacial score (nSPS) is 22.1. The van der Waals surface area contributed by atoms with E-state index in [-0.39, 0.29) is 11.8 Å². The number of hydrogen-bond donors (Lipinski definition) is 1. The summed E-state index contributed by atoms with van der Waals surface area (Å²) < 4.78 is 23.2. The van der Waals surface area contributed by atoms with Crippen LogP contribution in [0.1, 0.15) is 38.1 Å². The van der Waals surface area contributed by atoms with Gasteiger partial charge in [-0.25, -0.2) is 13.4 Å². The van der Waals surface area contributed by atoms with Crippen LogP contribution in [-0.2, 0) is 22.7 Å². The smallest absolute Gasteiger partial charge is 0.243 e. The number of anilines is 1. The molecule has 0 aromatic carbocycles. The number of hydrogen-bond acceptors (Lipinski definition) is 6. The van der Waals surface area contributed by atoms with Gasteiger partial charge >= 0.3 is 0 Å². The second kappa shape index (κ2) is 5.81. The maximum Gasteiger partial charge on any atom is 0.243 e. The third kappa shape index (κ3) is 3.62. The van der Waals surface area contributed by atoms with Gasteiger partial charge in [0, 0.05) is 6.04 Å². The van der Waals surface area contributed by atoms with Gasteiger partial charge in [0.1, 0.15) is 0 Å². The third-order valence-electron chi connectivity index (χ3n) is 3.31. The Morgan fingerprint density at radius 1 is 1.21 bits per heavy atom. The highest BCUT2D eigenvalue weighted by molar-refractivity contribution is 7.91. The highest BCUT2D eigenvalue weighted by Crippen LogP contribution is 2.16. The molecule has 1 fully saturated rings. The van der Waals surface area contributed by atoms with Gasteiger partial charge in [0.2, 0.25) is 5.95 Å². The first-order valence-electron chi connectivity index (χ1n) is 6.73. The van der Waals surface area contributed by atoms with Crippen LogP contribution in [-0.4, -0.2) is 41.1 Å². The van der Waals surface area contributed by atoms with Crippen LogP contribution in [0.25, 0.3) is 0 Å². The highest BCUT2D eigenvalue weighted by Gasteiger charge is 2.25. The molecule has 6 nitrogen and oxygen atoms in total. The van der Waals surface area contributed by atoms with Crippen LogP contribution in [0, 0.1) is 0 Å². The van der Waals surface area contributed by atoms with Crippen molar-refractivity contribution in [3.63, 3.8) is 0 Å². The molecule has 1 unspecified atom stereocenters. The van der Waals surface area contributed by atoms with Crippen LogP contribution < -0.4 is 5.32 Å². The summed E-state index contributed by atoms with van der Waals surface area (Å²) in [6.07, 6.45) is 3.14. The van der Waals surface area contributed by atoms with Crippen molar-refractivity contribution < 1.29 is 8.42 Å². The van der Waals surface area contributed by atoms with E-state index in [0.717, 1.165) is 30.7 Å². The first-order valence-corrected chi connectivity index (χ1v) is 8.55. The molecule has 1 atom stereocenters. The van der Waals surface area contributed by atoms with Crippen LogP contribution in [0.5, 0.6) is 0 Å². The number of nitrogens with one attached hydrogen (secondary N) is 1. The van der Waals surface area contributed by atoms with E-state index in [1.54, 1.807) is 0 Å². The van der Waals surface area contributed by atoms with Crippen molar-refractivity contribution in [2.45, 2.75) is 45.6 Å². The van der Waals surface area contributed by atoms with Crippen LogP contribution >= 0.6 is 0 Å². The monoisotopic (exact) mass is 284 g/mol. The average Bonchev–Trinajstić information content (AvgIpc) is 2.37. The third-order valence-corrected chi connectivity index (χ3v) is 5.13. The first-order chi connectivity index (χ1) is 9.04. The Balaban J connectivity index is 2.11. The Morgan fingerprint density at radius 2 is 1.95 bits per heavy atom. The topological polar surface area (TPSA) is 84.8 Å². The van der Waals surface area contributed by atoms with E-state index in [1.165, 1.54) is 0 Å². The highest BCUT2D eigenvalue weighted by atomic mass is 32.2. The van der Waals surface area contributed by atoms with Gasteiger partial charge in [0.15, 0.2) is 9.84 Å². The fourth-order valence-electron chi connectivity index (χ4n) is 2.32. The molecule has 0 bridgehead atoms. The zero-order valence-electron chi connectivity index (χ0n) is 11.4. The van der Waals surface area contributed by atoms with E-state index in [4.69, 9.17) is 0 Å². The standard InChI is InChI=1S/C12H20N4O2S/c1-3-10-11(4-2)15-16-12(14-10)13-9-6-5-7-19(17,18)8-9/h9H,3-8H2,1-2H3,(H,13,14,16). The van der Waals surface area contributed by atoms with Crippen LogP contribution in [0.2, 0.25) is 0 Å². The molecule has 0 spiro atoms. The van der Waals surface area contributed by atoms with Gasteiger partial charge < -0.3 is 5.32 Å². The molecule has 1 aromatic rings. The van der Waals surface area contributed by atoms with E-state index < -0.39 is 9.84 Å². The Hall–Kier alpha value is -1.24. The van der Waals surface area contributed by atoms with Crippen LogP contribution in [0.3, 0.4) is 0 Å². The molecular weight excluding hydrogens is 264 g/mol. The number of rotatable bonds is 4. The fourth-order valence-corrected chi connectivity index (χ4v) is 3.95. The lowest BCUT2D eigenvalue weighted by Crippen LogP contribution is -2.35. The van der Waals surface area contributed by atoms with Crippen LogP contribution in [0.4, 0.5) is 5.95 Å². The Bertz CT molecular complexity index is 545. The molecule has 7 heteroatoms. The molecule has 1 aliphatic rings. The van der Waals surface area contributed by atoms with Crippen LogP contribution in [0.15, 0.2) is 0 Å². The number of nitrogens with zero attached hydrogens (tertiary/aromatic N) is 3. The van der Waals surface area contributed by atoms with Gasteiger partial charge in [-0.1, -0.05) is 13.8 Å². The van der Waals surface area contributed by atoms with Crippen molar-refractivity contribution >= 4 is 15.8 Å². The summed E-state index contributed by atoms with van der Waals surface area (Å²) in [5, 5.41) is 11.3. The lowest BCUT2D eigenvalue weighted by molar-refractivity contribution is 0.560. The quantitative estimate of drug-likeness (QED) is 0.887. The molecule has 1 aromatic heterocycles. The van der Waals surface area contributed by atoms with Gasteiger partial charge in [-0.2, -0.15) is 5.10 Å². The minimum atomic E-state index is -2.92. The Labute approximate surface area is 114 Å². The summed E-state index contributed by atoms with van der Waals surface area (Å²) in [6.45, 7) is 4.05. The van der Waals surface area contributed by atoms with E-state index in [0.29, 0.717) is 18.1 Å². The predicted molar refractivity (Wildman–Crippen MR) is 73.9 cm³/mol. The molecule has 1 N–H and O–H groups in total. The van der Waals surface area contributed by atoms with E-state index in [2.05, 4.69) is 20.5 Å². The second-order valence-corrected chi connectivity index (χ2v) is 7.06. The fraction of sp³-hybridized carbons (Fsp3) is 0.750. The molecule has 1 saturated heterocycles. The molecule has 2 rings (SSSR count). The summed E-state index contributed by atoms with van der Waals surface area (Å²) in [5.74, 6) is 0.892. The first kappa shape index (κ1) is 14.2. The Kier molecular flexibility index (Phi) is 4.34. The van der Waals surface area contributed by atoms with Gasteiger partial charge in [-0.05, 0) is 25.7 Å². The molecule has 0 aliphatic carbocycles. The molecule has 2 heterocycles. The maximum atomic E-state index is 11.6. The maximum absolute atomic E-state index is 11.6. The zero-order valence-corrected chi connectivity index (χ0v) is 12.2. The summed E-state index contributed by atoms with van der Waals surface area (Å²) in [6, 6.07) is -0.0993. The van der Waals surface area contributed by atoms with Gasteiger partial charge in [-0.3, -0.25) is 0 Å². The summed E-state index contributed by atoms with van der Waals surface area (Å²) >= 11 is 0. The van der Waals surface area contributed by atoms with Crippen molar-refractivity contribution in [3.8, 4) is 0 Å². The zero-order chi connectivity index (χ0) is 13.9. The average molecular weight is 284 g/mol. The minimum Gasteiger partial charge on any atom is -0.349 e.